The van der Waals surface area contributed by atoms with E-state index in [2.05, 4.69) is 20.8 Å². The number of hydrogen-bond donors (Lipinski definition) is 1. The molecule has 0 spiro atoms. The molecule has 0 aliphatic carbocycles. The van der Waals surface area contributed by atoms with Gasteiger partial charge < -0.3 is 4.74 Å². The fourth-order valence-corrected chi connectivity index (χ4v) is 1.57. The SMILES string of the molecule is CCOc1cccc(C(=O)Nc2nnnn2CC)c1. The molecular weight excluding hydrogens is 246 g/mol. The summed E-state index contributed by atoms with van der Waals surface area (Å²) in [6.45, 7) is 4.92. The number of aryl methyl sites for hydroxylation is 1. The van der Waals surface area contributed by atoms with E-state index < -0.39 is 0 Å². The van der Waals surface area contributed by atoms with E-state index in [9.17, 15) is 4.79 Å². The third-order valence-electron chi connectivity index (χ3n) is 2.46. The quantitative estimate of drug-likeness (QED) is 0.878. The van der Waals surface area contributed by atoms with Gasteiger partial charge in [-0.25, -0.2) is 4.68 Å². The van der Waals surface area contributed by atoms with Gasteiger partial charge in [0.25, 0.3) is 5.91 Å². The summed E-state index contributed by atoms with van der Waals surface area (Å²) in [5.74, 6) is 0.714. The number of carbonyl (C=O) groups excluding carboxylic acids is 1. The molecule has 2 rings (SSSR count). The number of anilines is 1. The summed E-state index contributed by atoms with van der Waals surface area (Å²) in [7, 11) is 0. The van der Waals surface area contributed by atoms with Crippen molar-refractivity contribution in [3.8, 4) is 5.75 Å². The molecule has 0 atom stereocenters. The lowest BCUT2D eigenvalue weighted by molar-refractivity contribution is 0.102. The van der Waals surface area contributed by atoms with Crippen LogP contribution in [0.4, 0.5) is 5.95 Å². The van der Waals surface area contributed by atoms with E-state index in [-0.39, 0.29) is 5.91 Å². The summed E-state index contributed by atoms with van der Waals surface area (Å²) in [6, 6.07) is 6.95. The minimum absolute atomic E-state index is 0.272. The summed E-state index contributed by atoms with van der Waals surface area (Å²) < 4.78 is 6.86. The zero-order valence-electron chi connectivity index (χ0n) is 10.8. The Hall–Kier alpha value is -2.44. The highest BCUT2D eigenvalue weighted by Crippen LogP contribution is 2.14. The molecule has 1 aromatic carbocycles. The maximum Gasteiger partial charge on any atom is 0.258 e. The molecule has 0 bridgehead atoms. The Morgan fingerprint density at radius 1 is 1.42 bits per heavy atom. The van der Waals surface area contributed by atoms with Crippen LogP contribution in [-0.2, 0) is 6.54 Å². The molecule has 0 unspecified atom stereocenters. The fourth-order valence-electron chi connectivity index (χ4n) is 1.57. The lowest BCUT2D eigenvalue weighted by Gasteiger charge is -2.06. The molecule has 7 nitrogen and oxygen atoms in total. The van der Waals surface area contributed by atoms with Crippen molar-refractivity contribution in [1.82, 2.24) is 20.2 Å². The second kappa shape index (κ2) is 5.94. The van der Waals surface area contributed by atoms with E-state index in [0.717, 1.165) is 0 Å². The Balaban J connectivity index is 2.13. The van der Waals surface area contributed by atoms with Crippen LogP contribution in [0.15, 0.2) is 24.3 Å². The molecule has 1 amide bonds. The number of tetrazole rings is 1. The van der Waals surface area contributed by atoms with Crippen molar-refractivity contribution in [2.75, 3.05) is 11.9 Å². The van der Waals surface area contributed by atoms with Gasteiger partial charge in [0.05, 0.1) is 6.61 Å². The van der Waals surface area contributed by atoms with Crippen LogP contribution in [0.1, 0.15) is 24.2 Å². The third kappa shape index (κ3) is 3.06. The number of hydrogen-bond acceptors (Lipinski definition) is 5. The number of nitrogens with zero attached hydrogens (tertiary/aromatic N) is 4. The zero-order valence-corrected chi connectivity index (χ0v) is 10.8. The molecule has 1 N–H and O–H groups in total. The number of aromatic nitrogens is 4. The van der Waals surface area contributed by atoms with E-state index in [1.165, 1.54) is 4.68 Å². The van der Waals surface area contributed by atoms with E-state index >= 15 is 0 Å². The molecule has 1 aromatic heterocycles. The molecule has 0 radical (unpaired) electrons. The van der Waals surface area contributed by atoms with Crippen LogP contribution in [0.3, 0.4) is 0 Å². The minimum atomic E-state index is -0.272. The van der Waals surface area contributed by atoms with Crippen molar-refractivity contribution in [2.45, 2.75) is 20.4 Å². The summed E-state index contributed by atoms with van der Waals surface area (Å²) in [6.07, 6.45) is 0. The van der Waals surface area contributed by atoms with Crippen molar-refractivity contribution in [3.05, 3.63) is 29.8 Å². The lowest BCUT2D eigenvalue weighted by atomic mass is 10.2. The average Bonchev–Trinajstić information content (AvgIpc) is 2.86. The lowest BCUT2D eigenvalue weighted by Crippen LogP contribution is -2.16. The fraction of sp³-hybridized carbons (Fsp3) is 0.333. The first-order chi connectivity index (χ1) is 9.24. The van der Waals surface area contributed by atoms with Gasteiger partial charge in [-0.05, 0) is 42.5 Å². The minimum Gasteiger partial charge on any atom is -0.494 e. The van der Waals surface area contributed by atoms with Gasteiger partial charge in [0.2, 0.25) is 5.95 Å². The maximum atomic E-state index is 12.1. The highest BCUT2D eigenvalue weighted by Gasteiger charge is 2.11. The van der Waals surface area contributed by atoms with Crippen molar-refractivity contribution >= 4 is 11.9 Å². The van der Waals surface area contributed by atoms with Gasteiger partial charge in [-0.1, -0.05) is 11.2 Å². The summed E-state index contributed by atoms with van der Waals surface area (Å²) in [4.78, 5) is 12.1. The van der Waals surface area contributed by atoms with E-state index in [1.807, 2.05) is 13.8 Å². The predicted molar refractivity (Wildman–Crippen MR) is 69.1 cm³/mol. The highest BCUT2D eigenvalue weighted by atomic mass is 16.5. The topological polar surface area (TPSA) is 81.9 Å². The van der Waals surface area contributed by atoms with Crippen molar-refractivity contribution < 1.29 is 9.53 Å². The Morgan fingerprint density at radius 3 is 3.00 bits per heavy atom. The molecule has 0 aliphatic heterocycles. The number of benzene rings is 1. The van der Waals surface area contributed by atoms with Gasteiger partial charge in [0.15, 0.2) is 0 Å². The molecule has 1 heterocycles. The zero-order chi connectivity index (χ0) is 13.7. The molecule has 0 saturated heterocycles. The van der Waals surface area contributed by atoms with E-state index in [4.69, 9.17) is 4.74 Å². The van der Waals surface area contributed by atoms with Gasteiger partial charge in [-0.15, -0.1) is 0 Å². The average molecular weight is 261 g/mol. The van der Waals surface area contributed by atoms with Crippen LogP contribution in [0.5, 0.6) is 5.75 Å². The summed E-state index contributed by atoms with van der Waals surface area (Å²) >= 11 is 0. The molecular formula is C12H15N5O2. The smallest absolute Gasteiger partial charge is 0.258 e. The largest absolute Gasteiger partial charge is 0.494 e. The Bertz CT molecular complexity index is 567. The summed E-state index contributed by atoms with van der Waals surface area (Å²) in [5.41, 5.74) is 0.497. The number of amides is 1. The Morgan fingerprint density at radius 2 is 2.26 bits per heavy atom. The monoisotopic (exact) mass is 261 g/mol. The van der Waals surface area contributed by atoms with Crippen LogP contribution < -0.4 is 10.1 Å². The summed E-state index contributed by atoms with van der Waals surface area (Å²) in [5, 5.41) is 13.7. The first-order valence-corrected chi connectivity index (χ1v) is 6.05. The van der Waals surface area contributed by atoms with Gasteiger partial charge in [0.1, 0.15) is 5.75 Å². The molecule has 19 heavy (non-hydrogen) atoms. The van der Waals surface area contributed by atoms with Crippen molar-refractivity contribution in [3.63, 3.8) is 0 Å². The molecule has 0 fully saturated rings. The first kappa shape index (κ1) is 13.0. The first-order valence-electron chi connectivity index (χ1n) is 6.05. The molecule has 7 heteroatoms. The molecule has 100 valence electrons. The van der Waals surface area contributed by atoms with Crippen LogP contribution in [0.2, 0.25) is 0 Å². The Labute approximate surface area is 110 Å². The Kier molecular flexibility index (Phi) is 4.07. The molecule has 0 saturated carbocycles. The van der Waals surface area contributed by atoms with Crippen LogP contribution in [0.25, 0.3) is 0 Å². The van der Waals surface area contributed by atoms with E-state index in [1.54, 1.807) is 24.3 Å². The number of nitrogens with one attached hydrogen (secondary N) is 1. The third-order valence-corrected chi connectivity index (χ3v) is 2.46. The normalized spacial score (nSPS) is 10.2. The van der Waals surface area contributed by atoms with Gasteiger partial charge in [-0.2, -0.15) is 0 Å². The van der Waals surface area contributed by atoms with Gasteiger partial charge in [0, 0.05) is 12.1 Å². The molecule has 0 aliphatic rings. The highest BCUT2D eigenvalue weighted by molar-refractivity contribution is 6.03. The van der Waals surface area contributed by atoms with E-state index in [0.29, 0.717) is 30.4 Å². The van der Waals surface area contributed by atoms with Gasteiger partial charge >= 0.3 is 0 Å². The van der Waals surface area contributed by atoms with Crippen LogP contribution in [-0.4, -0.2) is 32.7 Å². The van der Waals surface area contributed by atoms with Crippen molar-refractivity contribution in [1.29, 1.82) is 0 Å². The molecule has 2 aromatic rings. The number of rotatable bonds is 5. The van der Waals surface area contributed by atoms with Crippen LogP contribution in [0, 0.1) is 0 Å². The second-order valence-corrected chi connectivity index (χ2v) is 3.73. The number of carbonyl (C=O) groups is 1. The van der Waals surface area contributed by atoms with Gasteiger partial charge in [-0.3, -0.25) is 10.1 Å². The number of ether oxygens (including phenoxy) is 1. The maximum absolute atomic E-state index is 12.1. The predicted octanol–water partition coefficient (Wildman–Crippen LogP) is 1.34. The van der Waals surface area contributed by atoms with Crippen LogP contribution >= 0.6 is 0 Å². The second-order valence-electron chi connectivity index (χ2n) is 3.73. The standard InChI is InChI=1S/C12H15N5O2/c1-3-17-12(14-15-16-17)13-11(18)9-6-5-7-10(8-9)19-4-2/h5-8H,3-4H2,1-2H3,(H,13,14,16,18). The van der Waals surface area contributed by atoms with Crippen molar-refractivity contribution in [2.24, 2.45) is 0 Å².